The van der Waals surface area contributed by atoms with Crippen LogP contribution in [-0.2, 0) is 21.7 Å². The third kappa shape index (κ3) is 11.7. The molecule has 6 nitrogen and oxygen atoms in total. The van der Waals surface area contributed by atoms with Gasteiger partial charge >= 0.3 is 0 Å². The monoisotopic (exact) mass is 1390 g/mol. The summed E-state index contributed by atoms with van der Waals surface area (Å²) in [5.74, 6) is 0. The molecule has 0 atom stereocenters. The first-order chi connectivity index (χ1) is 51.6. The summed E-state index contributed by atoms with van der Waals surface area (Å²) in [4.78, 5) is 10.1. The third-order valence-electron chi connectivity index (χ3n) is 22.3. The molecule has 2 aliphatic heterocycles. The SMILES string of the molecule is CC(C)(C)c1ccc(N(c2ccc(C(C)(C)C)cc2)c2ccc3c(c2)N(c2ccc(C(C)(C)C)cc2-c2ccccc2)c2cc(-c4ccc5c(c4)oc4ccc6oc7ccccc7c6c45)cc4c2B3c2ccc(N(c3ccccc3)c3ccccc3)cc2N4c2ccc(C(C)(C)C)cc2-c2ccccc2)cc1. The number of hydrogen-bond donors (Lipinski definition) is 0. The zero-order valence-corrected chi connectivity index (χ0v) is 63.1. The summed E-state index contributed by atoms with van der Waals surface area (Å²) in [5, 5.41) is 4.23. The van der Waals surface area contributed by atoms with Gasteiger partial charge in [-0.3, -0.25) is 0 Å². The molecule has 0 N–H and O–H groups in total. The van der Waals surface area contributed by atoms with Crippen LogP contribution in [0.2, 0.25) is 0 Å². The van der Waals surface area contributed by atoms with Gasteiger partial charge in [-0.2, -0.15) is 0 Å². The molecule has 18 rings (SSSR count). The lowest BCUT2D eigenvalue weighted by molar-refractivity contribution is 0.590. The van der Waals surface area contributed by atoms with E-state index in [2.05, 4.69) is 406 Å². The van der Waals surface area contributed by atoms with Crippen LogP contribution in [-0.4, -0.2) is 6.71 Å². The molecule has 107 heavy (non-hydrogen) atoms. The highest BCUT2D eigenvalue weighted by molar-refractivity contribution is 7.00. The maximum Gasteiger partial charge on any atom is 0.252 e. The summed E-state index contributed by atoms with van der Waals surface area (Å²) < 4.78 is 13.6. The van der Waals surface area contributed by atoms with Gasteiger partial charge in [-0.15, -0.1) is 0 Å². The fourth-order valence-electron chi connectivity index (χ4n) is 16.6. The average Bonchev–Trinajstić information content (AvgIpc) is 1.25. The molecule has 522 valence electrons. The summed E-state index contributed by atoms with van der Waals surface area (Å²) in [6.07, 6.45) is 0. The fraction of sp³-hybridized carbons (Fsp3) is 0.160. The van der Waals surface area contributed by atoms with E-state index < -0.39 is 0 Å². The number of hydrogen-bond acceptors (Lipinski definition) is 6. The van der Waals surface area contributed by atoms with Gasteiger partial charge in [0.05, 0.1) is 11.4 Å². The second kappa shape index (κ2) is 25.3. The van der Waals surface area contributed by atoms with Crippen molar-refractivity contribution in [3.63, 3.8) is 0 Å². The lowest BCUT2D eigenvalue weighted by atomic mass is 9.33. The van der Waals surface area contributed by atoms with Crippen LogP contribution in [0.3, 0.4) is 0 Å². The highest BCUT2D eigenvalue weighted by Gasteiger charge is 2.46. The van der Waals surface area contributed by atoms with E-state index in [4.69, 9.17) is 8.83 Å². The largest absolute Gasteiger partial charge is 0.456 e. The van der Waals surface area contributed by atoms with Crippen molar-refractivity contribution < 1.29 is 8.83 Å². The Labute approximate surface area is 629 Å². The standard InChI is InChI=1S/C100H87BN4O2/c1-97(2,3)68-38-44-74(45-39-68)103(75-46-40-69(41-47-75)98(4,5)6)77-49-52-83-87(63-77)105(85-54-43-71(100(10,11)12)61-81(85)65-29-19-14-20-30-65)89-58-67(66-37-50-79-93(59-66)107-92-56-55-91-94(95(79)92)78-35-25-26-36-90(78)106-91)57-88-96(89)101(83)82-51-48-76(102(72-31-21-15-22-32-72)73-33-23-16-24-34-73)62-86(82)104(88)84-53-42-70(99(7,8)9)60-80(84)64-27-17-13-18-28-64/h13-63H,1-12H3. The van der Waals surface area contributed by atoms with Gasteiger partial charge in [0.1, 0.15) is 22.3 Å². The Morgan fingerprint density at radius 3 is 1.07 bits per heavy atom. The van der Waals surface area contributed by atoms with Gasteiger partial charge < -0.3 is 28.4 Å². The van der Waals surface area contributed by atoms with Crippen LogP contribution in [0, 0.1) is 0 Å². The van der Waals surface area contributed by atoms with Crippen molar-refractivity contribution in [3.05, 3.63) is 332 Å². The van der Waals surface area contributed by atoms with Gasteiger partial charge in [0.25, 0.3) is 6.71 Å². The summed E-state index contributed by atoms with van der Waals surface area (Å²) in [5.41, 5.74) is 31.1. The molecule has 7 heteroatoms. The van der Waals surface area contributed by atoms with Crippen LogP contribution in [0.1, 0.15) is 105 Å². The van der Waals surface area contributed by atoms with Gasteiger partial charge in [0, 0.05) is 89.5 Å². The van der Waals surface area contributed by atoms with E-state index in [1.807, 2.05) is 6.07 Å². The van der Waals surface area contributed by atoms with Gasteiger partial charge in [-0.25, -0.2) is 0 Å². The number of para-hydroxylation sites is 3. The molecule has 0 radical (unpaired) electrons. The van der Waals surface area contributed by atoms with Crippen molar-refractivity contribution in [2.24, 2.45) is 0 Å². The molecule has 0 saturated heterocycles. The molecule has 16 aromatic rings. The Morgan fingerprint density at radius 2 is 0.626 bits per heavy atom. The molecule has 14 aromatic carbocycles. The molecule has 0 unspecified atom stereocenters. The van der Waals surface area contributed by atoms with Gasteiger partial charge in [-0.05, 0) is 222 Å². The molecule has 0 spiro atoms. The molecule has 0 saturated carbocycles. The lowest BCUT2D eigenvalue weighted by Gasteiger charge is -2.46. The predicted molar refractivity (Wildman–Crippen MR) is 455 cm³/mol. The molecule has 0 aliphatic carbocycles. The minimum Gasteiger partial charge on any atom is -0.456 e. The first-order valence-corrected chi connectivity index (χ1v) is 37.7. The summed E-state index contributed by atoms with van der Waals surface area (Å²) in [6, 6.07) is 116. The van der Waals surface area contributed by atoms with Gasteiger partial charge in [0.2, 0.25) is 0 Å². The predicted octanol–water partition coefficient (Wildman–Crippen LogP) is 26.7. The van der Waals surface area contributed by atoms with Crippen LogP contribution in [0.25, 0.3) is 77.3 Å². The average molecular weight is 1390 g/mol. The Hall–Kier alpha value is -12.1. The van der Waals surface area contributed by atoms with Gasteiger partial charge in [0.15, 0.2) is 0 Å². The zero-order valence-electron chi connectivity index (χ0n) is 63.1. The Morgan fingerprint density at radius 1 is 0.252 bits per heavy atom. The quantitative estimate of drug-likeness (QED) is 0.120. The van der Waals surface area contributed by atoms with Crippen LogP contribution < -0.4 is 36.0 Å². The molecule has 2 aromatic heterocycles. The highest BCUT2D eigenvalue weighted by Crippen LogP contribution is 2.54. The van der Waals surface area contributed by atoms with Crippen molar-refractivity contribution in [1.29, 1.82) is 0 Å². The van der Waals surface area contributed by atoms with E-state index in [1.165, 1.54) is 38.6 Å². The van der Waals surface area contributed by atoms with Crippen LogP contribution in [0.15, 0.2) is 318 Å². The molecule has 0 fully saturated rings. The third-order valence-corrected chi connectivity index (χ3v) is 22.3. The number of nitrogens with zero attached hydrogens (tertiary/aromatic N) is 4. The molecule has 0 bridgehead atoms. The zero-order chi connectivity index (χ0) is 73.4. The van der Waals surface area contributed by atoms with E-state index in [0.29, 0.717) is 0 Å². The number of benzene rings is 14. The Balaban J connectivity index is 0.979. The maximum atomic E-state index is 7.11. The minimum atomic E-state index is -0.268. The normalized spacial score (nSPS) is 13.0. The second-order valence-electron chi connectivity index (χ2n) is 33.4. The van der Waals surface area contributed by atoms with E-state index in [-0.39, 0.29) is 28.4 Å². The first kappa shape index (κ1) is 66.9. The van der Waals surface area contributed by atoms with Gasteiger partial charge in [-0.1, -0.05) is 253 Å². The number of rotatable bonds is 11. The van der Waals surface area contributed by atoms with E-state index >= 15 is 0 Å². The molecule has 0 amide bonds. The van der Waals surface area contributed by atoms with Crippen molar-refractivity contribution in [1.82, 2.24) is 0 Å². The van der Waals surface area contributed by atoms with Crippen molar-refractivity contribution in [3.8, 4) is 33.4 Å². The minimum absolute atomic E-state index is 0.0404. The summed E-state index contributed by atoms with van der Waals surface area (Å²) >= 11 is 0. The Bertz CT molecular complexity index is 6010. The van der Waals surface area contributed by atoms with Crippen molar-refractivity contribution in [2.45, 2.75) is 105 Å². The lowest BCUT2D eigenvalue weighted by Crippen LogP contribution is -2.61. The molecule has 2 aliphatic rings. The fourth-order valence-corrected chi connectivity index (χ4v) is 16.6. The van der Waals surface area contributed by atoms with Crippen LogP contribution in [0.4, 0.5) is 68.2 Å². The van der Waals surface area contributed by atoms with Crippen molar-refractivity contribution >= 4 is 135 Å². The maximum absolute atomic E-state index is 7.11. The first-order valence-electron chi connectivity index (χ1n) is 37.7. The smallest absolute Gasteiger partial charge is 0.252 e. The summed E-state index contributed by atoms with van der Waals surface area (Å²) in [7, 11) is 0. The number of furan rings is 2. The molecular formula is C100H87BN4O2. The van der Waals surface area contributed by atoms with E-state index in [9.17, 15) is 0 Å². The number of anilines is 12. The molecular weight excluding hydrogens is 1300 g/mol. The number of fused-ring (bicyclic) bond motifs is 11. The van der Waals surface area contributed by atoms with E-state index in [1.54, 1.807) is 0 Å². The second-order valence-corrected chi connectivity index (χ2v) is 33.4. The van der Waals surface area contributed by atoms with Crippen molar-refractivity contribution in [2.75, 3.05) is 19.6 Å². The summed E-state index contributed by atoms with van der Waals surface area (Å²) in [6.45, 7) is 27.5. The Kier molecular flexibility index (Phi) is 15.8. The topological polar surface area (TPSA) is 39.2 Å². The van der Waals surface area contributed by atoms with Crippen LogP contribution >= 0.6 is 0 Å². The van der Waals surface area contributed by atoms with E-state index in [0.717, 1.165) is 146 Å². The molecule has 4 heterocycles. The van der Waals surface area contributed by atoms with Crippen LogP contribution in [0.5, 0.6) is 0 Å². The highest BCUT2D eigenvalue weighted by atomic mass is 16.3.